The van der Waals surface area contributed by atoms with Gasteiger partial charge in [-0.2, -0.15) is 0 Å². The Kier molecular flexibility index (Phi) is 5.41. The van der Waals surface area contributed by atoms with E-state index in [2.05, 4.69) is 0 Å². The van der Waals surface area contributed by atoms with Gasteiger partial charge in [-0.05, 0) is 11.8 Å². The van der Waals surface area contributed by atoms with Crippen molar-refractivity contribution in [2.24, 2.45) is 5.41 Å². The van der Waals surface area contributed by atoms with Crippen LogP contribution in [-0.2, 0) is 14.8 Å². The zero-order valence-electron chi connectivity index (χ0n) is 10.4. The summed E-state index contributed by atoms with van der Waals surface area (Å²) in [5.41, 5.74) is -0.292. The lowest BCUT2D eigenvalue weighted by molar-refractivity contribution is -0.137. The van der Waals surface area contributed by atoms with Crippen molar-refractivity contribution in [3.05, 3.63) is 0 Å². The van der Waals surface area contributed by atoms with E-state index >= 15 is 0 Å². The molecule has 0 saturated carbocycles. The van der Waals surface area contributed by atoms with Gasteiger partial charge in [0.15, 0.2) is 0 Å². The van der Waals surface area contributed by atoms with Crippen molar-refractivity contribution in [2.75, 3.05) is 19.3 Å². The molecule has 5 nitrogen and oxygen atoms in total. The van der Waals surface area contributed by atoms with Gasteiger partial charge in [-0.1, -0.05) is 20.8 Å². The van der Waals surface area contributed by atoms with Crippen LogP contribution in [0.25, 0.3) is 0 Å². The molecule has 0 spiro atoms. The predicted molar refractivity (Wildman–Crippen MR) is 62.7 cm³/mol. The molecule has 0 heterocycles. The van der Waals surface area contributed by atoms with E-state index in [4.69, 9.17) is 5.11 Å². The van der Waals surface area contributed by atoms with Crippen molar-refractivity contribution in [1.29, 1.82) is 0 Å². The number of carbonyl (C=O) groups is 1. The lowest BCUT2D eigenvalue weighted by Crippen LogP contribution is -2.35. The number of carboxylic acid groups (broad SMARTS) is 1. The first kappa shape index (κ1) is 15.4. The summed E-state index contributed by atoms with van der Waals surface area (Å²) in [5.74, 6) is -0.828. The Labute approximate surface area is 97.5 Å². The highest BCUT2D eigenvalue weighted by atomic mass is 32.2. The first-order chi connectivity index (χ1) is 7.04. The van der Waals surface area contributed by atoms with Gasteiger partial charge >= 0.3 is 5.97 Å². The van der Waals surface area contributed by atoms with E-state index < -0.39 is 16.0 Å². The average Bonchev–Trinajstić information content (AvgIpc) is 1.98. The molecule has 0 rings (SSSR count). The van der Waals surface area contributed by atoms with E-state index in [0.29, 0.717) is 6.42 Å². The predicted octanol–water partition coefficient (Wildman–Crippen LogP) is 1.16. The van der Waals surface area contributed by atoms with Crippen molar-refractivity contribution < 1.29 is 18.3 Å². The fourth-order valence-electron chi connectivity index (χ4n) is 1.25. The Morgan fingerprint density at radius 2 is 1.81 bits per heavy atom. The van der Waals surface area contributed by atoms with Gasteiger partial charge in [0, 0.05) is 20.0 Å². The second-order valence-corrected chi connectivity index (χ2v) is 7.21. The maximum atomic E-state index is 11.8. The minimum Gasteiger partial charge on any atom is -0.481 e. The quantitative estimate of drug-likeness (QED) is 0.768. The van der Waals surface area contributed by atoms with Gasteiger partial charge < -0.3 is 5.11 Å². The van der Waals surface area contributed by atoms with Crippen molar-refractivity contribution in [2.45, 2.75) is 33.6 Å². The van der Waals surface area contributed by atoms with Crippen LogP contribution in [0.2, 0.25) is 0 Å². The third kappa shape index (κ3) is 6.79. The number of carboxylic acids is 1. The Morgan fingerprint density at radius 1 is 1.31 bits per heavy atom. The SMILES string of the molecule is CN(CCCC(=O)O)S(=O)(=O)CC(C)(C)C. The van der Waals surface area contributed by atoms with E-state index in [9.17, 15) is 13.2 Å². The first-order valence-electron chi connectivity index (χ1n) is 5.20. The highest BCUT2D eigenvalue weighted by Crippen LogP contribution is 2.18. The average molecular weight is 251 g/mol. The van der Waals surface area contributed by atoms with Gasteiger partial charge in [-0.15, -0.1) is 0 Å². The molecule has 0 aliphatic carbocycles. The number of aliphatic carboxylic acids is 1. The van der Waals surface area contributed by atoms with Crippen LogP contribution >= 0.6 is 0 Å². The molecule has 0 aromatic heterocycles. The van der Waals surface area contributed by atoms with Gasteiger partial charge in [0.05, 0.1) is 5.75 Å². The molecule has 96 valence electrons. The summed E-state index contributed by atoms with van der Waals surface area (Å²) in [6.07, 6.45) is 0.338. The zero-order chi connectivity index (χ0) is 13.0. The number of rotatable bonds is 6. The van der Waals surface area contributed by atoms with Crippen LogP contribution in [0, 0.1) is 5.41 Å². The molecule has 0 bridgehead atoms. The van der Waals surface area contributed by atoms with Crippen LogP contribution in [-0.4, -0.2) is 43.1 Å². The maximum Gasteiger partial charge on any atom is 0.303 e. The molecule has 0 unspecified atom stereocenters. The van der Waals surface area contributed by atoms with Gasteiger partial charge in [-0.3, -0.25) is 4.79 Å². The van der Waals surface area contributed by atoms with Crippen molar-refractivity contribution in [1.82, 2.24) is 4.31 Å². The topological polar surface area (TPSA) is 74.7 Å². The maximum absolute atomic E-state index is 11.8. The second-order valence-electron chi connectivity index (χ2n) is 5.14. The van der Waals surface area contributed by atoms with Crippen LogP contribution in [0.15, 0.2) is 0 Å². The van der Waals surface area contributed by atoms with Gasteiger partial charge in [0.2, 0.25) is 10.0 Å². The van der Waals surface area contributed by atoms with Crippen LogP contribution < -0.4 is 0 Å². The Balaban J connectivity index is 4.26. The summed E-state index contributed by atoms with van der Waals surface area (Å²) in [4.78, 5) is 10.3. The molecule has 0 aromatic carbocycles. The fraction of sp³-hybridized carbons (Fsp3) is 0.900. The summed E-state index contributed by atoms with van der Waals surface area (Å²) in [6.45, 7) is 5.83. The van der Waals surface area contributed by atoms with Crippen molar-refractivity contribution >= 4 is 16.0 Å². The zero-order valence-corrected chi connectivity index (χ0v) is 11.2. The first-order valence-corrected chi connectivity index (χ1v) is 6.81. The third-order valence-corrected chi connectivity index (χ3v) is 4.32. The molecule has 0 aromatic rings. The minimum absolute atomic E-state index is 0.00459. The number of sulfonamides is 1. The molecular formula is C10H21NO4S. The van der Waals surface area contributed by atoms with Gasteiger partial charge in [0.25, 0.3) is 0 Å². The van der Waals surface area contributed by atoms with Gasteiger partial charge in [-0.25, -0.2) is 12.7 Å². The van der Waals surface area contributed by atoms with Crippen LogP contribution in [0.1, 0.15) is 33.6 Å². The van der Waals surface area contributed by atoms with Gasteiger partial charge in [0.1, 0.15) is 0 Å². The molecule has 16 heavy (non-hydrogen) atoms. The van der Waals surface area contributed by atoms with Crippen LogP contribution in [0.3, 0.4) is 0 Å². The lowest BCUT2D eigenvalue weighted by Gasteiger charge is -2.23. The van der Waals surface area contributed by atoms with E-state index in [1.165, 1.54) is 11.4 Å². The second kappa shape index (κ2) is 5.63. The molecule has 0 saturated heterocycles. The molecule has 0 aliphatic rings. The Bertz CT molecular complexity index is 329. The third-order valence-electron chi connectivity index (χ3n) is 1.95. The monoisotopic (exact) mass is 251 g/mol. The number of hydrogen-bond donors (Lipinski definition) is 1. The van der Waals surface area contributed by atoms with Crippen LogP contribution in [0.4, 0.5) is 0 Å². The van der Waals surface area contributed by atoms with Crippen LogP contribution in [0.5, 0.6) is 0 Å². The smallest absolute Gasteiger partial charge is 0.303 e. The Hall–Kier alpha value is -0.620. The number of nitrogens with zero attached hydrogens (tertiary/aromatic N) is 1. The summed E-state index contributed by atoms with van der Waals surface area (Å²) < 4.78 is 24.8. The molecule has 0 fully saturated rings. The molecule has 1 N–H and O–H groups in total. The molecule has 0 amide bonds. The van der Waals surface area contributed by atoms with E-state index in [-0.39, 0.29) is 24.1 Å². The fourth-order valence-corrected chi connectivity index (χ4v) is 2.97. The standard InChI is InChI=1S/C10H21NO4S/c1-10(2,3)8-16(14,15)11(4)7-5-6-9(12)13/h5-8H2,1-4H3,(H,12,13). The normalized spacial score (nSPS) is 13.1. The lowest BCUT2D eigenvalue weighted by atomic mass is 10.0. The summed E-state index contributed by atoms with van der Waals surface area (Å²) in [7, 11) is -1.79. The van der Waals surface area contributed by atoms with Crippen molar-refractivity contribution in [3.8, 4) is 0 Å². The summed E-state index contributed by atoms with van der Waals surface area (Å²) >= 11 is 0. The largest absolute Gasteiger partial charge is 0.481 e. The Morgan fingerprint density at radius 3 is 2.19 bits per heavy atom. The van der Waals surface area contributed by atoms with E-state index in [1.807, 2.05) is 20.8 Å². The van der Waals surface area contributed by atoms with Crippen molar-refractivity contribution in [3.63, 3.8) is 0 Å². The highest BCUT2D eigenvalue weighted by Gasteiger charge is 2.25. The molecular weight excluding hydrogens is 230 g/mol. The molecule has 0 atom stereocenters. The van der Waals surface area contributed by atoms with E-state index in [0.717, 1.165) is 0 Å². The summed E-state index contributed by atoms with van der Waals surface area (Å²) in [6, 6.07) is 0. The molecule has 0 radical (unpaired) electrons. The highest BCUT2D eigenvalue weighted by molar-refractivity contribution is 7.89. The summed E-state index contributed by atoms with van der Waals surface area (Å²) in [5, 5.41) is 8.45. The number of hydrogen-bond acceptors (Lipinski definition) is 3. The van der Waals surface area contributed by atoms with E-state index in [1.54, 1.807) is 0 Å². The minimum atomic E-state index is -3.28. The molecule has 0 aliphatic heterocycles. The molecule has 6 heteroatoms.